The largest absolute Gasteiger partial charge is 0.678 e. The Morgan fingerprint density at radius 1 is 0.917 bits per heavy atom. The molecule has 0 spiro atoms. The smallest absolute Gasteiger partial charge is 0 e. The molecule has 0 atom stereocenters. The fourth-order valence-corrected chi connectivity index (χ4v) is 0.586. The first kappa shape index (κ1) is 29.3. The molecule has 78 valence electrons. The maximum absolute atomic E-state index is 4.15. The summed E-state index contributed by atoms with van der Waals surface area (Å²) < 4.78 is 0. The van der Waals surface area contributed by atoms with Crippen molar-refractivity contribution in [2.45, 2.75) is 26.9 Å². The fraction of sp³-hybridized carbons (Fsp3) is 0.667. The number of rotatable bonds is 4. The Hall–Kier alpha value is 0.790. The monoisotopic (exact) mass is 339 g/mol. The zero-order valence-corrected chi connectivity index (χ0v) is 13.0. The Kier molecular flexibility index (Phi) is 55.2. The molecule has 0 heterocycles. The molecule has 0 aromatic carbocycles. The summed E-state index contributed by atoms with van der Waals surface area (Å²) in [5.41, 5.74) is 0. The minimum Gasteiger partial charge on any atom is -0.678 e. The quantitative estimate of drug-likeness (QED) is 0.555. The van der Waals surface area contributed by atoms with Crippen molar-refractivity contribution in [3.05, 3.63) is 32.9 Å². The van der Waals surface area contributed by atoms with E-state index in [-0.39, 0.29) is 54.3 Å². The van der Waals surface area contributed by atoms with Crippen LogP contribution in [0.2, 0.25) is 0 Å². The van der Waals surface area contributed by atoms with Crippen molar-refractivity contribution in [2.24, 2.45) is 0 Å². The van der Waals surface area contributed by atoms with Gasteiger partial charge >= 0.3 is 0 Å². The molecule has 0 N–H and O–H groups in total. The van der Waals surface area contributed by atoms with Crippen LogP contribution < -0.4 is 0 Å². The van der Waals surface area contributed by atoms with E-state index in [1.54, 1.807) is 0 Å². The molecule has 0 fully saturated rings. The van der Waals surface area contributed by atoms with E-state index in [1.165, 1.54) is 0 Å². The molecule has 0 saturated carbocycles. The predicted octanol–water partition coefficient (Wildman–Crippen LogP) is 3.47. The number of hydrogen-bond donors (Lipinski definition) is 0. The third-order valence-corrected chi connectivity index (χ3v) is 0.894. The molecule has 0 bridgehead atoms. The van der Waals surface area contributed by atoms with Gasteiger partial charge in [0.25, 0.3) is 0 Å². The van der Waals surface area contributed by atoms with Gasteiger partial charge < -0.3 is 32.9 Å². The van der Waals surface area contributed by atoms with Crippen LogP contribution in [0.3, 0.4) is 0 Å². The Bertz CT molecular complexity index is 45.8. The van der Waals surface area contributed by atoms with Crippen LogP contribution in [0.25, 0.3) is 10.6 Å². The van der Waals surface area contributed by atoms with Crippen molar-refractivity contribution >= 4 is 0 Å². The van der Waals surface area contributed by atoms with Gasteiger partial charge in [0.15, 0.2) is 0 Å². The van der Waals surface area contributed by atoms with Crippen LogP contribution in [0.1, 0.15) is 20.8 Å². The summed E-state index contributed by atoms with van der Waals surface area (Å²) >= 11 is 0. The van der Waals surface area contributed by atoms with Crippen molar-refractivity contribution in [3.8, 4) is 0 Å². The van der Waals surface area contributed by atoms with Crippen LogP contribution in [0, 0.1) is 22.3 Å². The summed E-state index contributed by atoms with van der Waals surface area (Å²) in [6, 6.07) is 0. The molecule has 0 amide bonds. The molecular formula is C9H23HfN2-5. The summed E-state index contributed by atoms with van der Waals surface area (Å²) in [4.78, 5) is 0. The van der Waals surface area contributed by atoms with E-state index in [4.69, 9.17) is 0 Å². The van der Waals surface area contributed by atoms with Gasteiger partial charge in [-0.25, -0.2) is 6.17 Å². The Morgan fingerprint density at radius 2 is 1.17 bits per heavy atom. The van der Waals surface area contributed by atoms with E-state index in [1.807, 2.05) is 20.8 Å². The average molecular weight is 338 g/mol. The molecule has 2 nitrogen and oxygen atoms in total. The van der Waals surface area contributed by atoms with Crippen molar-refractivity contribution in [3.63, 3.8) is 0 Å². The van der Waals surface area contributed by atoms with Crippen LogP contribution in [0.15, 0.2) is 0 Å². The fourth-order valence-electron chi connectivity index (χ4n) is 0.586. The zero-order chi connectivity index (χ0) is 6.41. The Balaban J connectivity index is -0.0000000408. The molecular weight excluding hydrogens is 315 g/mol. The zero-order valence-electron chi connectivity index (χ0n) is 9.39. The van der Waals surface area contributed by atoms with Crippen LogP contribution in [-0.4, -0.2) is 19.3 Å². The van der Waals surface area contributed by atoms with E-state index in [9.17, 15) is 0 Å². The van der Waals surface area contributed by atoms with Crippen molar-refractivity contribution in [1.82, 2.24) is 0 Å². The van der Waals surface area contributed by atoms with Gasteiger partial charge in [-0.15, -0.1) is 6.92 Å². The van der Waals surface area contributed by atoms with Crippen molar-refractivity contribution in [1.29, 1.82) is 0 Å². The van der Waals surface area contributed by atoms with Gasteiger partial charge in [-0.1, -0.05) is 13.8 Å². The van der Waals surface area contributed by atoms with Gasteiger partial charge in [0, 0.05) is 25.8 Å². The van der Waals surface area contributed by atoms with Crippen LogP contribution in [-0.2, 0) is 25.8 Å². The van der Waals surface area contributed by atoms with Crippen molar-refractivity contribution in [2.75, 3.05) is 13.1 Å². The average Bonchev–Trinajstić information content (AvgIpc) is 1.68. The third-order valence-electron chi connectivity index (χ3n) is 0.894. The molecule has 0 unspecified atom stereocenters. The Morgan fingerprint density at radius 3 is 1.33 bits per heavy atom. The minimum absolute atomic E-state index is 0. The first-order valence-electron chi connectivity index (χ1n) is 3.14. The normalized spacial score (nSPS) is 7.00. The van der Waals surface area contributed by atoms with E-state index < -0.39 is 0 Å². The summed E-state index contributed by atoms with van der Waals surface area (Å²) in [5.74, 6) is 0. The second kappa shape index (κ2) is 22.6. The molecule has 0 radical (unpaired) electrons. The summed E-state index contributed by atoms with van der Waals surface area (Å²) in [5, 5.41) is 8.30. The third kappa shape index (κ3) is 22.4. The van der Waals surface area contributed by atoms with E-state index in [0.29, 0.717) is 0 Å². The summed E-state index contributed by atoms with van der Waals surface area (Å²) in [7, 11) is 0. The molecule has 0 aromatic heterocycles. The van der Waals surface area contributed by atoms with E-state index >= 15 is 0 Å². The van der Waals surface area contributed by atoms with Gasteiger partial charge in [0.1, 0.15) is 0 Å². The maximum Gasteiger partial charge on any atom is 0 e. The van der Waals surface area contributed by atoms with Gasteiger partial charge in [-0.2, -0.15) is 13.1 Å². The second-order valence-electron chi connectivity index (χ2n) is 1.63. The molecule has 0 saturated heterocycles. The first-order valence-corrected chi connectivity index (χ1v) is 3.14. The Labute approximate surface area is 98.7 Å². The van der Waals surface area contributed by atoms with Crippen LogP contribution in [0.4, 0.5) is 0 Å². The standard InChI is InChI=1S/C6H14N2.3CH3.Hf/c1-4-7-6(3)8-5-2;;;;/h6H,4-5H2,1-3H3;3*1H3;/q-2;3*-1;. The van der Waals surface area contributed by atoms with Crippen molar-refractivity contribution < 1.29 is 25.8 Å². The first-order chi connectivity index (χ1) is 3.81. The molecule has 12 heavy (non-hydrogen) atoms. The molecule has 0 aliphatic rings. The summed E-state index contributed by atoms with van der Waals surface area (Å²) in [6.45, 7) is 7.83. The molecule has 0 rings (SSSR count). The minimum atomic E-state index is 0. The molecule has 0 aliphatic carbocycles. The number of nitrogens with zero attached hydrogens (tertiary/aromatic N) is 2. The topological polar surface area (TPSA) is 28.2 Å². The van der Waals surface area contributed by atoms with Gasteiger partial charge in [0.05, 0.1) is 0 Å². The second-order valence-corrected chi connectivity index (χ2v) is 1.63. The molecule has 0 aromatic rings. The molecule has 3 heteroatoms. The SMILES string of the molecule is CC[N-]C(C)[N-]CC.[CH3-].[CH3-].[CH3-].[Hf]. The maximum atomic E-state index is 4.15. The van der Waals surface area contributed by atoms with E-state index in [2.05, 4.69) is 10.6 Å². The van der Waals surface area contributed by atoms with Gasteiger partial charge in [0.2, 0.25) is 0 Å². The summed E-state index contributed by atoms with van der Waals surface area (Å²) in [6.07, 6.45) is 0.213. The van der Waals surface area contributed by atoms with Crippen LogP contribution in [0.5, 0.6) is 0 Å². The van der Waals surface area contributed by atoms with Gasteiger partial charge in [-0.3, -0.25) is 0 Å². The molecule has 0 aliphatic heterocycles. The van der Waals surface area contributed by atoms with Crippen LogP contribution >= 0.6 is 0 Å². The van der Waals surface area contributed by atoms with Gasteiger partial charge in [-0.05, 0) is 0 Å². The predicted molar refractivity (Wildman–Crippen MR) is 56.5 cm³/mol. The van der Waals surface area contributed by atoms with E-state index in [0.717, 1.165) is 13.1 Å². The number of hydrogen-bond acceptors (Lipinski definition) is 0.